The number of hydrogen-bond donors (Lipinski definition) is 0. The predicted octanol–water partition coefficient (Wildman–Crippen LogP) is 19.9. The van der Waals surface area contributed by atoms with Crippen LogP contribution in [0.1, 0.15) is 195 Å². The highest BCUT2D eigenvalue weighted by molar-refractivity contribution is 5.83. The lowest BCUT2D eigenvalue weighted by Gasteiger charge is -2.44. The Morgan fingerprint density at radius 1 is 0.316 bits per heavy atom. The zero-order valence-electron chi connectivity index (χ0n) is 51.7. The normalized spacial score (nSPS) is 17.9. The summed E-state index contributed by atoms with van der Waals surface area (Å²) < 4.78 is 0. The fourth-order valence-corrected chi connectivity index (χ4v) is 12.4. The molecule has 0 fully saturated rings. The van der Waals surface area contributed by atoms with Crippen LogP contribution in [-0.2, 0) is 32.5 Å². The monoisotopic (exact) mass is 1050 g/mol. The van der Waals surface area contributed by atoms with Crippen molar-refractivity contribution in [1.82, 2.24) is 29.9 Å². The first-order chi connectivity index (χ1) is 37.2. The zero-order valence-corrected chi connectivity index (χ0v) is 51.7. The molecular weight excluding hydrogens is 961 g/mol. The van der Waals surface area contributed by atoms with Crippen molar-refractivity contribution in [2.45, 2.75) is 197 Å². The van der Waals surface area contributed by atoms with Crippen molar-refractivity contribution in [3.8, 4) is 33.8 Å². The lowest BCUT2D eigenvalue weighted by molar-refractivity contribution is 0.125. The van der Waals surface area contributed by atoms with Crippen LogP contribution in [-0.4, -0.2) is 29.9 Å². The van der Waals surface area contributed by atoms with Gasteiger partial charge in [0.2, 0.25) is 0 Å². The summed E-state index contributed by atoms with van der Waals surface area (Å²) in [4.78, 5) is 29.5. The Bertz CT molecular complexity index is 3640. The van der Waals surface area contributed by atoms with Crippen LogP contribution in [0, 0.1) is 19.3 Å². The fraction of sp³-hybridized carbons (Fsp3) is 0.425. The lowest BCUT2D eigenvalue weighted by Crippen LogP contribution is -2.42. The van der Waals surface area contributed by atoms with Gasteiger partial charge in [0.25, 0.3) is 0 Å². The van der Waals surface area contributed by atoms with E-state index in [1.54, 1.807) is 0 Å². The Morgan fingerprint density at radius 2 is 0.595 bits per heavy atom. The molecule has 3 aliphatic carbocycles. The Hall–Kier alpha value is -6.66. The van der Waals surface area contributed by atoms with E-state index in [0.717, 1.165) is 78.3 Å². The van der Waals surface area contributed by atoms with Gasteiger partial charge >= 0.3 is 0 Å². The molecule has 3 aliphatic rings. The molecule has 9 aromatic rings. The van der Waals surface area contributed by atoms with Gasteiger partial charge in [-0.1, -0.05) is 216 Å². The quantitative estimate of drug-likeness (QED) is 0.175. The molecule has 6 nitrogen and oxygen atoms in total. The summed E-state index contributed by atoms with van der Waals surface area (Å²) in [5, 5.41) is 0. The summed E-state index contributed by atoms with van der Waals surface area (Å²) in [6.07, 6.45) is 6.75. The van der Waals surface area contributed by atoms with Gasteiger partial charge in [-0.25, -0.2) is 24.9 Å². The number of aryl methyl sites for hydroxylation is 2. The van der Waals surface area contributed by atoms with Gasteiger partial charge in [-0.2, -0.15) is 0 Å². The van der Waals surface area contributed by atoms with Gasteiger partial charge in [-0.3, -0.25) is 4.98 Å². The minimum atomic E-state index is 0.0828. The van der Waals surface area contributed by atoms with Crippen LogP contribution in [0.5, 0.6) is 0 Å². The topological polar surface area (TPSA) is 77.3 Å². The summed E-state index contributed by atoms with van der Waals surface area (Å²) in [5.41, 5.74) is 24.0. The van der Waals surface area contributed by atoms with Crippen LogP contribution in [0.3, 0.4) is 0 Å². The van der Waals surface area contributed by atoms with E-state index < -0.39 is 0 Å². The second kappa shape index (κ2) is 21.8. The highest BCUT2D eigenvalue weighted by Crippen LogP contribution is 2.62. The maximum absolute atomic E-state index is 5.02. The molecule has 0 aliphatic heterocycles. The summed E-state index contributed by atoms with van der Waals surface area (Å²) >= 11 is 0. The minimum Gasteiger partial charge on any atom is -0.252 e. The SMILES string of the molecule is CC.CC.CC1(C)CCC(C)(C)c2cc3nc(-c4ccccc4)cnc3cc21.Cc1nc2cc3c(cc2nc1-c1ccccc1)C(C)(C)C(C)(C)C3(C)C.Cc1nc2cc3c(cc2nc1-c1ccccc1)C(C)(C)CCC3(C)C. The van der Waals surface area contributed by atoms with Gasteiger partial charge in [0.15, 0.2) is 0 Å². The van der Waals surface area contributed by atoms with Gasteiger partial charge in [0, 0.05) is 16.7 Å². The molecule has 3 heterocycles. The molecule has 3 aromatic heterocycles. The van der Waals surface area contributed by atoms with Crippen molar-refractivity contribution in [2.75, 3.05) is 0 Å². The first-order valence-electron chi connectivity index (χ1n) is 29.4. The van der Waals surface area contributed by atoms with Crippen LogP contribution in [0.15, 0.2) is 134 Å². The predicted molar refractivity (Wildman–Crippen MR) is 337 cm³/mol. The van der Waals surface area contributed by atoms with E-state index >= 15 is 0 Å². The molecule has 0 saturated carbocycles. The highest BCUT2D eigenvalue weighted by Gasteiger charge is 2.57. The molecule has 6 aromatic carbocycles. The van der Waals surface area contributed by atoms with E-state index in [-0.39, 0.29) is 37.9 Å². The van der Waals surface area contributed by atoms with Crippen LogP contribution in [0.25, 0.3) is 66.9 Å². The highest BCUT2D eigenvalue weighted by atomic mass is 14.8. The number of benzene rings is 6. The Morgan fingerprint density at radius 3 is 0.937 bits per heavy atom. The standard InChI is InChI=1S/C24H28N2.C23H26N2.C22H24N2.2C2H6/c1-15-21(16-11-9-8-10-12-16)26-20-14-18-17(13-19(20)25-15)22(2,3)24(6,7)23(18,4)5;1-15-21(16-9-7-6-8-10-16)25-20-14-18-17(13-19(20)24-15)22(2,3)11-12-23(18,4)5;1-21(2)10-11-22(3,4)17-13-19-18(12-16(17)21)23-14-20(24-19)15-8-6-5-7-9-15;2*1-2/h8-14H,1-7H3;6-10,13-14H,11-12H2,1-5H3;5-9,12-14H,10-11H2,1-4H3;2*1-2H3. The van der Waals surface area contributed by atoms with Crippen molar-refractivity contribution in [2.24, 2.45) is 5.41 Å². The molecule has 0 amide bonds. The third-order valence-corrected chi connectivity index (χ3v) is 18.9. The lowest BCUT2D eigenvalue weighted by atomic mass is 9.59. The molecule has 0 bridgehead atoms. The molecule has 79 heavy (non-hydrogen) atoms. The van der Waals surface area contributed by atoms with Gasteiger partial charge < -0.3 is 0 Å². The Labute approximate surface area is 474 Å². The van der Waals surface area contributed by atoms with Gasteiger partial charge in [0.1, 0.15) is 0 Å². The molecule has 0 saturated heterocycles. The van der Waals surface area contributed by atoms with Crippen molar-refractivity contribution in [3.63, 3.8) is 0 Å². The van der Waals surface area contributed by atoms with E-state index in [0.29, 0.717) is 0 Å². The second-order valence-electron chi connectivity index (χ2n) is 26.2. The second-order valence-corrected chi connectivity index (χ2v) is 26.2. The molecule has 0 spiro atoms. The molecule has 0 atom stereocenters. The van der Waals surface area contributed by atoms with Crippen molar-refractivity contribution in [1.29, 1.82) is 0 Å². The van der Waals surface area contributed by atoms with Gasteiger partial charge in [0.05, 0.1) is 67.8 Å². The number of rotatable bonds is 3. The van der Waals surface area contributed by atoms with E-state index in [9.17, 15) is 0 Å². The summed E-state index contributed by atoms with van der Waals surface area (Å²) in [6, 6.07) is 44.7. The molecule has 412 valence electrons. The zero-order chi connectivity index (χ0) is 57.7. The smallest absolute Gasteiger partial charge is 0.0922 e. The number of hydrogen-bond acceptors (Lipinski definition) is 6. The average molecular weight is 1050 g/mol. The van der Waals surface area contributed by atoms with Crippen molar-refractivity contribution < 1.29 is 0 Å². The summed E-state index contributed by atoms with van der Waals surface area (Å²) in [7, 11) is 0. The maximum atomic E-state index is 5.02. The molecule has 6 heteroatoms. The van der Waals surface area contributed by atoms with Crippen molar-refractivity contribution in [3.05, 3.63) is 178 Å². The molecule has 0 radical (unpaired) electrons. The molecule has 0 unspecified atom stereocenters. The van der Waals surface area contributed by atoms with E-state index in [1.807, 2.05) is 64.2 Å². The fourth-order valence-electron chi connectivity index (χ4n) is 12.4. The Balaban J connectivity index is 0.000000151. The van der Waals surface area contributed by atoms with E-state index in [1.165, 1.54) is 59.1 Å². The van der Waals surface area contributed by atoms with E-state index in [2.05, 4.69) is 208 Å². The number of nitrogens with zero attached hydrogens (tertiary/aromatic N) is 6. The van der Waals surface area contributed by atoms with Gasteiger partial charge in [-0.15, -0.1) is 0 Å². The average Bonchev–Trinajstić information content (AvgIpc) is 3.79. The number of aromatic nitrogens is 6. The Kier molecular flexibility index (Phi) is 16.1. The molecule has 0 N–H and O–H groups in total. The van der Waals surface area contributed by atoms with Gasteiger partial charge in [-0.05, 0) is 147 Å². The van der Waals surface area contributed by atoms with Crippen LogP contribution in [0.2, 0.25) is 0 Å². The maximum Gasteiger partial charge on any atom is 0.0922 e. The molecule has 12 rings (SSSR count). The summed E-state index contributed by atoms with van der Waals surface area (Å²) in [6.45, 7) is 45.2. The van der Waals surface area contributed by atoms with Crippen molar-refractivity contribution >= 4 is 33.1 Å². The van der Waals surface area contributed by atoms with E-state index in [4.69, 9.17) is 29.9 Å². The third-order valence-electron chi connectivity index (χ3n) is 18.9. The van der Waals surface area contributed by atoms with Crippen LogP contribution < -0.4 is 0 Å². The molecular formula is C73H90N6. The third kappa shape index (κ3) is 10.8. The minimum absolute atomic E-state index is 0.0828. The van der Waals surface area contributed by atoms with Crippen LogP contribution >= 0.6 is 0 Å². The number of fused-ring (bicyclic) bond motifs is 6. The first-order valence-corrected chi connectivity index (χ1v) is 29.4. The largest absolute Gasteiger partial charge is 0.252 e. The first kappa shape index (κ1) is 58.5. The van der Waals surface area contributed by atoms with Crippen LogP contribution in [0.4, 0.5) is 0 Å². The summed E-state index contributed by atoms with van der Waals surface area (Å²) in [5.74, 6) is 0.